The molecule has 3 N–H and O–H groups in total. The van der Waals surface area contributed by atoms with E-state index in [0.29, 0.717) is 5.56 Å². The number of carbonyl (C=O) groups excluding carboxylic acids is 2. The largest absolute Gasteiger partial charge is 0.480 e. The van der Waals surface area contributed by atoms with E-state index < -0.39 is 41.2 Å². The lowest BCUT2D eigenvalue weighted by molar-refractivity contribution is -0.149. The molecule has 2 aliphatic heterocycles. The summed E-state index contributed by atoms with van der Waals surface area (Å²) in [5, 5.41) is 15.7. The molecule has 0 saturated carbocycles. The Morgan fingerprint density at radius 1 is 1.00 bits per heavy atom. The Balaban J connectivity index is 1.85. The standard InChI is InChI=1S/C21H21N3O4/c1-24(2)14-10-8-12(9-11-14)17-15-16(19(26)22-18(15)25)21(23-17,20(27)28)13-6-4-3-5-7-13/h3-11,15-17,23H,1-2H3,(H,27,28)(H,22,25,26). The van der Waals surface area contributed by atoms with E-state index in [-0.39, 0.29) is 0 Å². The smallest absolute Gasteiger partial charge is 0.329 e. The number of nitrogens with one attached hydrogen (secondary N) is 2. The van der Waals surface area contributed by atoms with Crippen LogP contribution >= 0.6 is 0 Å². The van der Waals surface area contributed by atoms with E-state index in [9.17, 15) is 19.5 Å². The highest BCUT2D eigenvalue weighted by Crippen LogP contribution is 2.50. The highest BCUT2D eigenvalue weighted by Gasteiger charge is 2.67. The maximum Gasteiger partial charge on any atom is 0.329 e. The number of fused-ring (bicyclic) bond motifs is 1. The molecule has 4 atom stereocenters. The second-order valence-electron chi connectivity index (χ2n) is 7.44. The van der Waals surface area contributed by atoms with Crippen LogP contribution in [0.2, 0.25) is 0 Å². The van der Waals surface area contributed by atoms with Crippen molar-refractivity contribution in [3.63, 3.8) is 0 Å². The van der Waals surface area contributed by atoms with Gasteiger partial charge >= 0.3 is 5.97 Å². The number of carbonyl (C=O) groups is 3. The first-order valence-electron chi connectivity index (χ1n) is 9.05. The zero-order valence-electron chi connectivity index (χ0n) is 15.5. The maximum atomic E-state index is 12.6. The van der Waals surface area contributed by atoms with Crippen LogP contribution in [0.3, 0.4) is 0 Å². The molecule has 2 heterocycles. The average Bonchev–Trinajstić information content (AvgIpc) is 3.20. The van der Waals surface area contributed by atoms with Crippen molar-refractivity contribution in [3.8, 4) is 0 Å². The van der Waals surface area contributed by atoms with Gasteiger partial charge in [0.2, 0.25) is 11.8 Å². The second kappa shape index (κ2) is 6.45. The maximum absolute atomic E-state index is 12.6. The van der Waals surface area contributed by atoms with Crippen LogP contribution in [-0.4, -0.2) is 37.0 Å². The first kappa shape index (κ1) is 18.2. The van der Waals surface area contributed by atoms with Crippen LogP contribution in [0, 0.1) is 11.8 Å². The number of amides is 2. The van der Waals surface area contributed by atoms with Gasteiger partial charge in [-0.2, -0.15) is 0 Å². The van der Waals surface area contributed by atoms with Crippen molar-refractivity contribution in [2.45, 2.75) is 11.6 Å². The molecule has 2 fully saturated rings. The third-order valence-corrected chi connectivity index (χ3v) is 5.73. The van der Waals surface area contributed by atoms with Crippen molar-refractivity contribution in [2.24, 2.45) is 11.8 Å². The zero-order chi connectivity index (χ0) is 20.1. The minimum absolute atomic E-state index is 0.441. The Kier molecular flexibility index (Phi) is 4.19. The third kappa shape index (κ3) is 2.51. The molecular formula is C21H21N3O4. The highest BCUT2D eigenvalue weighted by molar-refractivity contribution is 6.09. The fourth-order valence-corrected chi connectivity index (χ4v) is 4.38. The fraction of sp³-hybridized carbons (Fsp3) is 0.286. The van der Waals surface area contributed by atoms with Gasteiger partial charge in [0.15, 0.2) is 5.54 Å². The first-order valence-corrected chi connectivity index (χ1v) is 9.05. The summed E-state index contributed by atoms with van der Waals surface area (Å²) in [6, 6.07) is 15.5. The summed E-state index contributed by atoms with van der Waals surface area (Å²) in [5.41, 5.74) is 0.532. The van der Waals surface area contributed by atoms with Gasteiger partial charge in [-0.25, -0.2) is 4.79 Å². The lowest BCUT2D eigenvalue weighted by atomic mass is 9.75. The molecule has 144 valence electrons. The Bertz CT molecular complexity index is 942. The number of anilines is 1. The summed E-state index contributed by atoms with van der Waals surface area (Å²) in [5.74, 6) is -4.00. The van der Waals surface area contributed by atoms with Crippen LogP contribution < -0.4 is 15.5 Å². The van der Waals surface area contributed by atoms with Crippen molar-refractivity contribution in [1.29, 1.82) is 0 Å². The predicted molar refractivity (Wildman–Crippen MR) is 103 cm³/mol. The van der Waals surface area contributed by atoms with E-state index in [0.717, 1.165) is 11.3 Å². The number of imide groups is 1. The molecule has 0 bridgehead atoms. The van der Waals surface area contributed by atoms with Crippen LogP contribution in [0.1, 0.15) is 17.2 Å². The van der Waals surface area contributed by atoms with E-state index in [1.54, 1.807) is 30.3 Å². The zero-order valence-corrected chi connectivity index (χ0v) is 15.5. The van der Waals surface area contributed by atoms with Gasteiger partial charge in [-0.05, 0) is 23.3 Å². The number of aliphatic carboxylic acids is 1. The van der Waals surface area contributed by atoms with E-state index in [1.165, 1.54) is 0 Å². The number of benzene rings is 2. The van der Waals surface area contributed by atoms with Gasteiger partial charge in [-0.3, -0.25) is 20.2 Å². The van der Waals surface area contributed by atoms with Crippen molar-refractivity contribution in [3.05, 3.63) is 65.7 Å². The van der Waals surface area contributed by atoms with Crippen molar-refractivity contribution >= 4 is 23.5 Å². The van der Waals surface area contributed by atoms with Crippen molar-refractivity contribution in [1.82, 2.24) is 10.6 Å². The minimum Gasteiger partial charge on any atom is -0.480 e. The highest BCUT2D eigenvalue weighted by atomic mass is 16.4. The molecule has 4 rings (SSSR count). The van der Waals surface area contributed by atoms with Crippen LogP contribution in [0.5, 0.6) is 0 Å². The van der Waals surface area contributed by atoms with Crippen LogP contribution in [-0.2, 0) is 19.9 Å². The summed E-state index contributed by atoms with van der Waals surface area (Å²) < 4.78 is 0. The lowest BCUT2D eigenvalue weighted by Gasteiger charge is -2.30. The fourth-order valence-electron chi connectivity index (χ4n) is 4.38. The molecule has 4 unspecified atom stereocenters. The van der Waals surface area contributed by atoms with E-state index in [1.807, 2.05) is 43.3 Å². The van der Waals surface area contributed by atoms with Crippen molar-refractivity contribution in [2.75, 3.05) is 19.0 Å². The first-order chi connectivity index (χ1) is 13.4. The van der Waals surface area contributed by atoms with Crippen LogP contribution in [0.15, 0.2) is 54.6 Å². The van der Waals surface area contributed by atoms with Gasteiger partial charge in [-0.15, -0.1) is 0 Å². The normalized spacial score (nSPS) is 28.7. The second-order valence-corrected chi connectivity index (χ2v) is 7.44. The number of hydrogen-bond donors (Lipinski definition) is 3. The average molecular weight is 379 g/mol. The molecule has 2 saturated heterocycles. The summed E-state index contributed by atoms with van der Waals surface area (Å²) in [4.78, 5) is 39.7. The molecule has 0 aromatic heterocycles. The lowest BCUT2D eigenvalue weighted by Crippen LogP contribution is -2.52. The number of hydrogen-bond acceptors (Lipinski definition) is 5. The molecule has 0 spiro atoms. The predicted octanol–water partition coefficient (Wildman–Crippen LogP) is 1.27. The SMILES string of the molecule is CN(C)c1ccc(C2NC(C(=O)O)(c3ccccc3)C3C(=O)NC(=O)C23)cc1. The summed E-state index contributed by atoms with van der Waals surface area (Å²) in [6.45, 7) is 0. The molecule has 2 aromatic rings. The summed E-state index contributed by atoms with van der Waals surface area (Å²) in [7, 11) is 3.85. The molecule has 2 amide bonds. The van der Waals surface area contributed by atoms with Crippen LogP contribution in [0.25, 0.3) is 0 Å². The molecular weight excluding hydrogens is 358 g/mol. The van der Waals surface area contributed by atoms with E-state index in [2.05, 4.69) is 10.6 Å². The number of nitrogens with zero attached hydrogens (tertiary/aromatic N) is 1. The minimum atomic E-state index is -1.67. The van der Waals surface area contributed by atoms with Gasteiger partial charge in [-0.1, -0.05) is 42.5 Å². The number of rotatable bonds is 4. The monoisotopic (exact) mass is 379 g/mol. The Morgan fingerprint density at radius 2 is 1.64 bits per heavy atom. The molecule has 7 nitrogen and oxygen atoms in total. The molecule has 28 heavy (non-hydrogen) atoms. The molecule has 0 radical (unpaired) electrons. The Hall–Kier alpha value is -3.19. The van der Waals surface area contributed by atoms with Gasteiger partial charge in [0.25, 0.3) is 0 Å². The number of carboxylic acids is 1. The van der Waals surface area contributed by atoms with Gasteiger partial charge in [0.05, 0.1) is 11.8 Å². The number of carboxylic acid groups (broad SMARTS) is 1. The molecule has 2 aliphatic rings. The Labute approximate surface area is 162 Å². The molecule has 2 aromatic carbocycles. The summed E-state index contributed by atoms with van der Waals surface area (Å²) >= 11 is 0. The van der Waals surface area contributed by atoms with E-state index in [4.69, 9.17) is 0 Å². The van der Waals surface area contributed by atoms with Gasteiger partial charge < -0.3 is 10.0 Å². The molecule has 0 aliphatic carbocycles. The van der Waals surface area contributed by atoms with Crippen molar-refractivity contribution < 1.29 is 19.5 Å². The van der Waals surface area contributed by atoms with Gasteiger partial charge in [0, 0.05) is 25.8 Å². The third-order valence-electron chi connectivity index (χ3n) is 5.73. The topological polar surface area (TPSA) is 98.7 Å². The Morgan fingerprint density at radius 3 is 2.21 bits per heavy atom. The summed E-state index contributed by atoms with van der Waals surface area (Å²) in [6.07, 6.45) is 0. The molecule has 7 heteroatoms. The van der Waals surface area contributed by atoms with Gasteiger partial charge in [0.1, 0.15) is 0 Å². The quantitative estimate of drug-likeness (QED) is 0.692. The van der Waals surface area contributed by atoms with E-state index >= 15 is 0 Å². The van der Waals surface area contributed by atoms with Crippen LogP contribution in [0.4, 0.5) is 5.69 Å².